The molecule has 0 aliphatic rings. The maximum absolute atomic E-state index is 12.8. The zero-order chi connectivity index (χ0) is 21.3. The summed E-state index contributed by atoms with van der Waals surface area (Å²) in [7, 11) is -2.30. The van der Waals surface area contributed by atoms with Gasteiger partial charge in [0.1, 0.15) is 4.90 Å². The van der Waals surface area contributed by atoms with E-state index in [2.05, 4.69) is 25.1 Å². The third-order valence-corrected chi connectivity index (χ3v) is 5.62. The maximum Gasteiger partial charge on any atom is 0.266 e. The molecule has 4 aromatic rings. The Bertz CT molecular complexity index is 1360. The van der Waals surface area contributed by atoms with E-state index in [-0.39, 0.29) is 22.3 Å². The molecule has 0 amide bonds. The van der Waals surface area contributed by atoms with Crippen molar-refractivity contribution in [2.24, 2.45) is 7.05 Å². The zero-order valence-electron chi connectivity index (χ0n) is 16.2. The average molecular weight is 422 g/mol. The lowest BCUT2D eigenvalue weighted by molar-refractivity contribution is 0.101. The molecule has 0 aliphatic heterocycles. The SMILES string of the molecule is CC(=O)c1cccc(Nc2nc3ccccc3nc2NS(=O)(=O)c2cnn(C)c2)c1. The molecule has 0 spiro atoms. The van der Waals surface area contributed by atoms with Gasteiger partial charge in [-0.15, -0.1) is 0 Å². The van der Waals surface area contributed by atoms with Crippen LogP contribution in [0.15, 0.2) is 65.8 Å². The van der Waals surface area contributed by atoms with Gasteiger partial charge in [0.15, 0.2) is 17.4 Å². The quantitative estimate of drug-likeness (QED) is 0.458. The summed E-state index contributed by atoms with van der Waals surface area (Å²) in [4.78, 5) is 20.6. The first-order chi connectivity index (χ1) is 14.3. The van der Waals surface area contributed by atoms with Gasteiger partial charge >= 0.3 is 0 Å². The van der Waals surface area contributed by atoms with Crippen LogP contribution in [-0.2, 0) is 17.1 Å². The lowest BCUT2D eigenvalue weighted by Crippen LogP contribution is -2.15. The predicted molar refractivity (Wildman–Crippen MR) is 113 cm³/mol. The number of Topliss-reactive ketones (excluding diaryl/α,β-unsaturated/α-hetero) is 1. The normalized spacial score (nSPS) is 11.4. The second-order valence-corrected chi connectivity index (χ2v) is 8.31. The van der Waals surface area contributed by atoms with Crippen LogP contribution < -0.4 is 10.0 Å². The van der Waals surface area contributed by atoms with Gasteiger partial charge in [-0.05, 0) is 31.2 Å². The van der Waals surface area contributed by atoms with Crippen LogP contribution in [0, 0.1) is 0 Å². The van der Waals surface area contributed by atoms with E-state index in [1.54, 1.807) is 49.5 Å². The van der Waals surface area contributed by atoms with Crippen molar-refractivity contribution in [1.29, 1.82) is 0 Å². The molecule has 0 unspecified atom stereocenters. The van der Waals surface area contributed by atoms with Crippen LogP contribution in [0.4, 0.5) is 17.3 Å². The van der Waals surface area contributed by atoms with Crippen molar-refractivity contribution in [1.82, 2.24) is 19.7 Å². The van der Waals surface area contributed by atoms with Crippen molar-refractivity contribution in [2.75, 3.05) is 10.0 Å². The Balaban J connectivity index is 1.78. The molecule has 2 heterocycles. The number of carbonyl (C=O) groups is 1. The predicted octanol–water partition coefficient (Wildman–Crippen LogP) is 3.11. The van der Waals surface area contributed by atoms with E-state index in [0.29, 0.717) is 22.3 Å². The first kappa shape index (κ1) is 19.5. The number of hydrogen-bond acceptors (Lipinski definition) is 7. The Morgan fingerprint density at radius 3 is 2.33 bits per heavy atom. The van der Waals surface area contributed by atoms with Gasteiger partial charge in [0.2, 0.25) is 0 Å². The Kier molecular flexibility index (Phi) is 4.92. The van der Waals surface area contributed by atoms with Gasteiger partial charge in [-0.25, -0.2) is 18.4 Å². The fourth-order valence-corrected chi connectivity index (χ4v) is 3.83. The molecule has 4 rings (SSSR count). The lowest BCUT2D eigenvalue weighted by atomic mass is 10.1. The van der Waals surface area contributed by atoms with Gasteiger partial charge in [0.05, 0.1) is 17.2 Å². The molecular formula is C20H18N6O3S. The van der Waals surface area contributed by atoms with Gasteiger partial charge in [-0.3, -0.25) is 14.2 Å². The van der Waals surface area contributed by atoms with Gasteiger partial charge in [0, 0.05) is 24.5 Å². The van der Waals surface area contributed by atoms with E-state index in [1.165, 1.54) is 24.0 Å². The number of rotatable bonds is 6. The summed E-state index contributed by atoms with van der Waals surface area (Å²) in [6.07, 6.45) is 2.64. The van der Waals surface area contributed by atoms with E-state index in [4.69, 9.17) is 0 Å². The number of ketones is 1. The minimum absolute atomic E-state index is 0.00415. The molecule has 9 nitrogen and oxygen atoms in total. The standard InChI is InChI=1S/C20H18N6O3S/c1-13(27)14-6-5-7-15(10-14)22-19-20(24-18-9-4-3-8-17(18)23-19)25-30(28,29)16-11-21-26(2)12-16/h3-12H,1-2H3,(H,22,23)(H,24,25). The molecule has 0 atom stereocenters. The minimum atomic E-state index is -3.93. The van der Waals surface area contributed by atoms with Crippen molar-refractivity contribution in [3.05, 3.63) is 66.5 Å². The molecule has 2 N–H and O–H groups in total. The summed E-state index contributed by atoms with van der Waals surface area (Å²) in [5.41, 5.74) is 2.22. The number of nitrogens with one attached hydrogen (secondary N) is 2. The van der Waals surface area contributed by atoms with Crippen molar-refractivity contribution in [2.45, 2.75) is 11.8 Å². The first-order valence-corrected chi connectivity index (χ1v) is 10.5. The number of anilines is 3. The molecule has 0 fully saturated rings. The van der Waals surface area contributed by atoms with E-state index in [1.807, 2.05) is 6.07 Å². The van der Waals surface area contributed by atoms with Crippen molar-refractivity contribution < 1.29 is 13.2 Å². The minimum Gasteiger partial charge on any atom is -0.337 e. The van der Waals surface area contributed by atoms with Crippen LogP contribution in [0.2, 0.25) is 0 Å². The highest BCUT2D eigenvalue weighted by Gasteiger charge is 2.20. The number of hydrogen-bond donors (Lipinski definition) is 2. The number of benzene rings is 2. The van der Waals surface area contributed by atoms with Crippen molar-refractivity contribution in [3.8, 4) is 0 Å². The van der Waals surface area contributed by atoms with Crippen LogP contribution in [0.25, 0.3) is 11.0 Å². The van der Waals surface area contributed by atoms with Crippen molar-refractivity contribution in [3.63, 3.8) is 0 Å². The second-order valence-electron chi connectivity index (χ2n) is 6.63. The third-order valence-electron chi connectivity index (χ3n) is 4.32. The highest BCUT2D eigenvalue weighted by atomic mass is 32.2. The van der Waals surface area contributed by atoms with E-state index in [9.17, 15) is 13.2 Å². The summed E-state index contributed by atoms with van der Waals surface area (Å²) in [6, 6.07) is 14.0. The zero-order valence-corrected chi connectivity index (χ0v) is 17.0. The van der Waals surface area contributed by atoms with E-state index >= 15 is 0 Å². The molecule has 0 radical (unpaired) electrons. The monoisotopic (exact) mass is 422 g/mol. The van der Waals surface area contributed by atoms with Crippen LogP contribution in [0.5, 0.6) is 0 Å². The number of aryl methyl sites for hydroxylation is 1. The van der Waals surface area contributed by atoms with Gasteiger partial charge in [-0.2, -0.15) is 5.10 Å². The fraction of sp³-hybridized carbons (Fsp3) is 0.100. The molecule has 0 saturated carbocycles. The Hall–Kier alpha value is -3.79. The van der Waals surface area contributed by atoms with Crippen molar-refractivity contribution >= 4 is 44.2 Å². The number of fused-ring (bicyclic) bond motifs is 1. The molecule has 0 saturated heterocycles. The van der Waals surface area contributed by atoms with Crippen LogP contribution in [0.3, 0.4) is 0 Å². The van der Waals surface area contributed by atoms with Crippen LogP contribution >= 0.6 is 0 Å². The highest BCUT2D eigenvalue weighted by molar-refractivity contribution is 7.92. The summed E-state index contributed by atoms with van der Waals surface area (Å²) < 4.78 is 29.5. The Morgan fingerprint density at radius 1 is 1.00 bits per heavy atom. The number of aromatic nitrogens is 4. The van der Waals surface area contributed by atoms with Crippen LogP contribution in [-0.4, -0.2) is 33.9 Å². The summed E-state index contributed by atoms with van der Waals surface area (Å²) in [5, 5.41) is 6.97. The summed E-state index contributed by atoms with van der Waals surface area (Å²) >= 11 is 0. The number of para-hydroxylation sites is 2. The maximum atomic E-state index is 12.8. The molecular weight excluding hydrogens is 404 g/mol. The summed E-state index contributed by atoms with van der Waals surface area (Å²) in [5.74, 6) is 0.161. The number of carbonyl (C=O) groups excluding carboxylic acids is 1. The smallest absolute Gasteiger partial charge is 0.266 e. The average Bonchev–Trinajstić information content (AvgIpc) is 3.16. The Morgan fingerprint density at radius 2 is 1.70 bits per heavy atom. The molecule has 2 aromatic heterocycles. The van der Waals surface area contributed by atoms with Gasteiger partial charge in [-0.1, -0.05) is 24.3 Å². The second kappa shape index (κ2) is 7.56. The van der Waals surface area contributed by atoms with Gasteiger partial charge in [0.25, 0.3) is 10.0 Å². The number of sulfonamides is 1. The fourth-order valence-electron chi connectivity index (χ4n) is 2.83. The Labute approximate surface area is 172 Å². The third kappa shape index (κ3) is 3.98. The number of nitrogens with zero attached hydrogens (tertiary/aromatic N) is 4. The van der Waals surface area contributed by atoms with E-state index < -0.39 is 10.0 Å². The molecule has 2 aromatic carbocycles. The molecule has 152 valence electrons. The topological polar surface area (TPSA) is 119 Å². The van der Waals surface area contributed by atoms with Gasteiger partial charge < -0.3 is 5.32 Å². The first-order valence-electron chi connectivity index (χ1n) is 8.98. The van der Waals surface area contributed by atoms with E-state index in [0.717, 1.165) is 0 Å². The summed E-state index contributed by atoms with van der Waals surface area (Å²) in [6.45, 7) is 1.47. The molecule has 0 bridgehead atoms. The highest BCUT2D eigenvalue weighted by Crippen LogP contribution is 2.27. The molecule has 0 aliphatic carbocycles. The lowest BCUT2D eigenvalue weighted by Gasteiger charge is -2.13. The largest absolute Gasteiger partial charge is 0.337 e. The molecule has 30 heavy (non-hydrogen) atoms. The molecule has 10 heteroatoms. The van der Waals surface area contributed by atoms with Crippen LogP contribution in [0.1, 0.15) is 17.3 Å².